The molecule has 0 radical (unpaired) electrons. The molecule has 2 N–H and O–H groups in total. The van der Waals surface area contributed by atoms with Crippen LogP contribution in [0, 0.1) is 0 Å². The Labute approximate surface area is 122 Å². The highest BCUT2D eigenvalue weighted by molar-refractivity contribution is 5.65. The summed E-state index contributed by atoms with van der Waals surface area (Å²) in [5.74, 6) is 0.651. The zero-order chi connectivity index (χ0) is 15.5. The number of pyridine rings is 1. The monoisotopic (exact) mass is 303 g/mol. The van der Waals surface area contributed by atoms with Crippen molar-refractivity contribution >= 4 is 11.5 Å². The van der Waals surface area contributed by atoms with Crippen LogP contribution in [-0.2, 0) is 0 Å². The first-order valence-electron chi connectivity index (χ1n) is 7.06. The number of halogens is 3. The van der Waals surface area contributed by atoms with Gasteiger partial charge in [0.05, 0.1) is 18.2 Å². The van der Waals surface area contributed by atoms with E-state index in [1.807, 2.05) is 4.90 Å². The third-order valence-corrected chi connectivity index (χ3v) is 3.49. The summed E-state index contributed by atoms with van der Waals surface area (Å²) >= 11 is 0. The zero-order valence-electron chi connectivity index (χ0n) is 11.9. The predicted molar refractivity (Wildman–Crippen MR) is 75.4 cm³/mol. The number of alkyl halides is 3. The second-order valence-corrected chi connectivity index (χ2v) is 5.46. The fraction of sp³-hybridized carbons (Fsp3) is 0.643. The maximum atomic E-state index is 12.4. The fourth-order valence-corrected chi connectivity index (χ4v) is 2.50. The van der Waals surface area contributed by atoms with Crippen LogP contribution in [0.25, 0.3) is 0 Å². The molecule has 0 amide bonds. The van der Waals surface area contributed by atoms with Crippen LogP contribution in [0.5, 0.6) is 0 Å². The molecule has 1 saturated heterocycles. The van der Waals surface area contributed by atoms with Crippen LogP contribution in [0.3, 0.4) is 0 Å². The number of anilines is 2. The molecule has 0 aromatic carbocycles. The normalized spacial score (nSPS) is 18.6. The van der Waals surface area contributed by atoms with E-state index in [4.69, 9.17) is 0 Å². The molecule has 1 atom stereocenters. The van der Waals surface area contributed by atoms with Gasteiger partial charge in [0.15, 0.2) is 5.82 Å². The van der Waals surface area contributed by atoms with E-state index in [0.717, 1.165) is 0 Å². The Morgan fingerprint density at radius 3 is 2.71 bits per heavy atom. The van der Waals surface area contributed by atoms with Crippen molar-refractivity contribution in [1.82, 2.24) is 4.98 Å². The molecular formula is C14H20F3N3O. The quantitative estimate of drug-likeness (QED) is 0.898. The van der Waals surface area contributed by atoms with Crippen LogP contribution < -0.4 is 10.2 Å². The van der Waals surface area contributed by atoms with E-state index in [1.165, 1.54) is 6.92 Å². The Kier molecular flexibility index (Phi) is 4.92. The number of hydrogen-bond acceptors (Lipinski definition) is 4. The molecule has 1 aliphatic rings. The maximum Gasteiger partial charge on any atom is 0.391 e. The number of nitrogens with one attached hydrogen (secondary N) is 1. The van der Waals surface area contributed by atoms with Crippen molar-refractivity contribution in [3.63, 3.8) is 0 Å². The summed E-state index contributed by atoms with van der Waals surface area (Å²) in [5.41, 5.74) is 0.602. The highest BCUT2D eigenvalue weighted by Crippen LogP contribution is 2.28. The van der Waals surface area contributed by atoms with E-state index < -0.39 is 18.6 Å². The lowest BCUT2D eigenvalue weighted by Gasteiger charge is -2.32. The van der Waals surface area contributed by atoms with Crippen LogP contribution >= 0.6 is 0 Å². The van der Waals surface area contributed by atoms with Gasteiger partial charge >= 0.3 is 6.18 Å². The van der Waals surface area contributed by atoms with Crippen molar-refractivity contribution in [2.24, 2.45) is 0 Å². The molecule has 7 heteroatoms. The topological polar surface area (TPSA) is 48.4 Å². The van der Waals surface area contributed by atoms with Crippen molar-refractivity contribution in [1.29, 1.82) is 0 Å². The smallest absolute Gasteiger partial charge is 0.391 e. The van der Waals surface area contributed by atoms with Crippen molar-refractivity contribution in [2.45, 2.75) is 44.5 Å². The first-order valence-corrected chi connectivity index (χ1v) is 7.06. The number of aromatic nitrogens is 1. The fourth-order valence-electron chi connectivity index (χ4n) is 2.50. The van der Waals surface area contributed by atoms with Crippen molar-refractivity contribution in [2.75, 3.05) is 23.3 Å². The Bertz CT molecular complexity index is 459. The minimum Gasteiger partial charge on any atom is -0.393 e. The van der Waals surface area contributed by atoms with E-state index in [2.05, 4.69) is 10.3 Å². The first-order chi connectivity index (χ1) is 9.85. The Balaban J connectivity index is 2.06. The van der Waals surface area contributed by atoms with Crippen molar-refractivity contribution in [3.8, 4) is 0 Å². The number of nitrogens with zero attached hydrogens (tertiary/aromatic N) is 2. The third-order valence-electron chi connectivity index (χ3n) is 3.49. The molecule has 1 unspecified atom stereocenters. The molecule has 118 valence electrons. The van der Waals surface area contributed by atoms with Gasteiger partial charge in [0.1, 0.15) is 0 Å². The highest BCUT2D eigenvalue weighted by Gasteiger charge is 2.30. The molecule has 1 aromatic heterocycles. The molecule has 0 aliphatic carbocycles. The average Bonchev–Trinajstić information content (AvgIpc) is 2.38. The van der Waals surface area contributed by atoms with Gasteiger partial charge in [-0.1, -0.05) is 0 Å². The maximum absolute atomic E-state index is 12.4. The second kappa shape index (κ2) is 6.51. The highest BCUT2D eigenvalue weighted by atomic mass is 19.4. The van der Waals surface area contributed by atoms with Crippen LogP contribution in [0.2, 0.25) is 0 Å². The van der Waals surface area contributed by atoms with Gasteiger partial charge in [0.25, 0.3) is 0 Å². The van der Waals surface area contributed by atoms with Crippen LogP contribution in [0.15, 0.2) is 18.3 Å². The van der Waals surface area contributed by atoms with E-state index >= 15 is 0 Å². The summed E-state index contributed by atoms with van der Waals surface area (Å²) in [5, 5.41) is 12.4. The Morgan fingerprint density at radius 1 is 1.43 bits per heavy atom. The molecule has 4 nitrogen and oxygen atoms in total. The number of aliphatic hydroxyl groups is 1. The number of hydrogen-bond donors (Lipinski definition) is 2. The van der Waals surface area contributed by atoms with Gasteiger partial charge in [0.2, 0.25) is 0 Å². The van der Waals surface area contributed by atoms with Gasteiger partial charge < -0.3 is 15.3 Å². The SMILES string of the molecule is CC(CC(F)(F)F)Nc1cccnc1N1CCC(O)CC1. The van der Waals surface area contributed by atoms with E-state index in [-0.39, 0.29) is 6.10 Å². The molecule has 1 aromatic rings. The molecular weight excluding hydrogens is 283 g/mol. The van der Waals surface area contributed by atoms with Gasteiger partial charge in [-0.05, 0) is 31.9 Å². The predicted octanol–water partition coefficient (Wildman–Crippen LogP) is 2.80. The molecule has 1 fully saturated rings. The molecule has 2 heterocycles. The summed E-state index contributed by atoms with van der Waals surface area (Å²) < 4.78 is 37.2. The zero-order valence-corrected chi connectivity index (χ0v) is 11.9. The van der Waals surface area contributed by atoms with Crippen molar-refractivity contribution in [3.05, 3.63) is 18.3 Å². The first kappa shape index (κ1) is 15.9. The van der Waals surface area contributed by atoms with Gasteiger partial charge in [-0.3, -0.25) is 0 Å². The van der Waals surface area contributed by atoms with E-state index in [1.54, 1.807) is 18.3 Å². The number of rotatable bonds is 4. The van der Waals surface area contributed by atoms with Crippen molar-refractivity contribution < 1.29 is 18.3 Å². The molecule has 0 bridgehead atoms. The third kappa shape index (κ3) is 4.77. The summed E-state index contributed by atoms with van der Waals surface area (Å²) in [6.45, 7) is 2.81. The standard InChI is InChI=1S/C14H20F3N3O/c1-10(9-14(15,16)17)19-12-3-2-6-18-13(12)20-7-4-11(21)5-8-20/h2-3,6,10-11,19,21H,4-5,7-9H2,1H3. The second-order valence-electron chi connectivity index (χ2n) is 5.46. The summed E-state index contributed by atoms with van der Waals surface area (Å²) in [7, 11) is 0. The lowest BCUT2D eigenvalue weighted by atomic mass is 10.1. The van der Waals surface area contributed by atoms with E-state index in [9.17, 15) is 18.3 Å². The molecule has 1 aliphatic heterocycles. The van der Waals surface area contributed by atoms with Crippen LogP contribution in [0.1, 0.15) is 26.2 Å². The minimum absolute atomic E-state index is 0.300. The molecule has 21 heavy (non-hydrogen) atoms. The summed E-state index contributed by atoms with van der Waals surface area (Å²) in [4.78, 5) is 6.27. The number of aliphatic hydroxyl groups excluding tert-OH is 1. The molecule has 0 spiro atoms. The van der Waals surface area contributed by atoms with Gasteiger partial charge in [-0.15, -0.1) is 0 Å². The molecule has 2 rings (SSSR count). The van der Waals surface area contributed by atoms with Crippen LogP contribution in [0.4, 0.5) is 24.7 Å². The van der Waals surface area contributed by atoms with Gasteiger partial charge in [-0.25, -0.2) is 4.98 Å². The Morgan fingerprint density at radius 2 is 2.10 bits per heavy atom. The molecule has 0 saturated carbocycles. The van der Waals surface area contributed by atoms with E-state index in [0.29, 0.717) is 37.4 Å². The number of piperidine rings is 1. The van der Waals surface area contributed by atoms with Crippen LogP contribution in [-0.4, -0.2) is 41.5 Å². The largest absolute Gasteiger partial charge is 0.393 e. The Hall–Kier alpha value is -1.50. The lowest BCUT2D eigenvalue weighted by Crippen LogP contribution is -2.37. The average molecular weight is 303 g/mol. The van der Waals surface area contributed by atoms with Gasteiger partial charge in [-0.2, -0.15) is 13.2 Å². The van der Waals surface area contributed by atoms with Gasteiger partial charge in [0, 0.05) is 25.3 Å². The summed E-state index contributed by atoms with van der Waals surface area (Å²) in [6.07, 6.45) is -2.46. The minimum atomic E-state index is -4.19. The lowest BCUT2D eigenvalue weighted by molar-refractivity contribution is -0.136. The summed E-state index contributed by atoms with van der Waals surface area (Å²) in [6, 6.07) is 2.72.